The molecular weight excluding hydrogens is 272 g/mol. The molecule has 1 aliphatic rings. The summed E-state index contributed by atoms with van der Waals surface area (Å²) in [5, 5.41) is 4.18. The maximum atomic E-state index is 6.14. The van der Waals surface area contributed by atoms with Crippen molar-refractivity contribution in [2.24, 2.45) is 0 Å². The highest BCUT2D eigenvalue weighted by atomic mass is 35.5. The SMILES string of the molecule is Clc1ccccc1NCCN(Cc1ccco1)C1CC1. The summed E-state index contributed by atoms with van der Waals surface area (Å²) in [6.07, 6.45) is 4.34. The molecule has 1 aromatic heterocycles. The number of nitrogens with zero attached hydrogens (tertiary/aromatic N) is 1. The standard InChI is InChI=1S/C16H19ClN2O/c17-15-5-1-2-6-16(15)18-9-10-19(13-7-8-13)12-14-4-3-11-20-14/h1-6,11,13,18H,7-10,12H2. The molecule has 1 N–H and O–H groups in total. The van der Waals surface area contributed by atoms with E-state index in [-0.39, 0.29) is 0 Å². The fraction of sp³-hybridized carbons (Fsp3) is 0.375. The third-order valence-corrected chi connectivity index (χ3v) is 3.92. The van der Waals surface area contributed by atoms with Crippen molar-refractivity contribution in [3.63, 3.8) is 0 Å². The first-order valence-electron chi connectivity index (χ1n) is 7.08. The second-order valence-electron chi connectivity index (χ2n) is 5.19. The molecule has 0 spiro atoms. The molecule has 3 rings (SSSR count). The summed E-state index contributed by atoms with van der Waals surface area (Å²) in [6.45, 7) is 2.78. The van der Waals surface area contributed by atoms with Crippen molar-refractivity contribution in [3.8, 4) is 0 Å². The van der Waals surface area contributed by atoms with Gasteiger partial charge in [-0.3, -0.25) is 4.90 Å². The molecule has 106 valence electrons. The number of para-hydroxylation sites is 1. The van der Waals surface area contributed by atoms with Gasteiger partial charge in [-0.2, -0.15) is 0 Å². The number of hydrogen-bond donors (Lipinski definition) is 1. The van der Waals surface area contributed by atoms with E-state index in [9.17, 15) is 0 Å². The second kappa shape index (κ2) is 6.33. The number of benzene rings is 1. The van der Waals surface area contributed by atoms with Gasteiger partial charge in [0.2, 0.25) is 0 Å². The van der Waals surface area contributed by atoms with E-state index in [1.54, 1.807) is 6.26 Å². The summed E-state index contributed by atoms with van der Waals surface area (Å²) in [7, 11) is 0. The van der Waals surface area contributed by atoms with Crippen LogP contribution in [0.5, 0.6) is 0 Å². The van der Waals surface area contributed by atoms with Crippen LogP contribution in [0.1, 0.15) is 18.6 Å². The average molecular weight is 291 g/mol. The van der Waals surface area contributed by atoms with Crippen molar-refractivity contribution in [1.29, 1.82) is 0 Å². The predicted octanol–water partition coefficient (Wildman–Crippen LogP) is 4.01. The smallest absolute Gasteiger partial charge is 0.117 e. The highest BCUT2D eigenvalue weighted by Crippen LogP contribution is 2.28. The van der Waals surface area contributed by atoms with Gasteiger partial charge < -0.3 is 9.73 Å². The fourth-order valence-corrected chi connectivity index (χ4v) is 2.57. The van der Waals surface area contributed by atoms with Crippen molar-refractivity contribution in [2.75, 3.05) is 18.4 Å². The third-order valence-electron chi connectivity index (χ3n) is 3.59. The van der Waals surface area contributed by atoms with Gasteiger partial charge in [-0.15, -0.1) is 0 Å². The van der Waals surface area contributed by atoms with E-state index in [0.29, 0.717) is 6.04 Å². The van der Waals surface area contributed by atoms with Crippen LogP contribution in [-0.4, -0.2) is 24.0 Å². The lowest BCUT2D eigenvalue weighted by molar-refractivity contribution is 0.242. The van der Waals surface area contributed by atoms with Gasteiger partial charge in [0, 0.05) is 19.1 Å². The monoisotopic (exact) mass is 290 g/mol. The summed E-state index contributed by atoms with van der Waals surface area (Å²) < 4.78 is 5.44. The predicted molar refractivity (Wildman–Crippen MR) is 82.1 cm³/mol. The first-order valence-corrected chi connectivity index (χ1v) is 7.45. The molecule has 1 aliphatic carbocycles. The van der Waals surface area contributed by atoms with Gasteiger partial charge in [0.15, 0.2) is 0 Å². The third kappa shape index (κ3) is 3.56. The molecule has 1 fully saturated rings. The van der Waals surface area contributed by atoms with Crippen LogP contribution < -0.4 is 5.32 Å². The van der Waals surface area contributed by atoms with Crippen LogP contribution in [0.15, 0.2) is 47.1 Å². The van der Waals surface area contributed by atoms with Crippen LogP contribution in [0, 0.1) is 0 Å². The van der Waals surface area contributed by atoms with Gasteiger partial charge in [0.05, 0.1) is 23.5 Å². The first-order chi connectivity index (χ1) is 9.83. The molecule has 0 aliphatic heterocycles. The highest BCUT2D eigenvalue weighted by Gasteiger charge is 2.29. The molecule has 0 radical (unpaired) electrons. The zero-order valence-electron chi connectivity index (χ0n) is 11.4. The summed E-state index contributed by atoms with van der Waals surface area (Å²) in [4.78, 5) is 2.47. The van der Waals surface area contributed by atoms with E-state index in [1.165, 1.54) is 12.8 Å². The summed E-state index contributed by atoms with van der Waals surface area (Å²) in [6, 6.07) is 12.6. The Kier molecular flexibility index (Phi) is 4.28. The number of anilines is 1. The van der Waals surface area contributed by atoms with E-state index in [0.717, 1.165) is 36.1 Å². The quantitative estimate of drug-likeness (QED) is 0.835. The number of hydrogen-bond acceptors (Lipinski definition) is 3. The van der Waals surface area contributed by atoms with Crippen LogP contribution in [0.25, 0.3) is 0 Å². The Morgan fingerprint density at radius 1 is 1.20 bits per heavy atom. The van der Waals surface area contributed by atoms with Gasteiger partial charge >= 0.3 is 0 Å². The largest absolute Gasteiger partial charge is 0.468 e. The summed E-state index contributed by atoms with van der Waals surface area (Å²) in [5.74, 6) is 1.04. The van der Waals surface area contributed by atoms with Gasteiger partial charge in [0.1, 0.15) is 5.76 Å². The van der Waals surface area contributed by atoms with Crippen LogP contribution >= 0.6 is 11.6 Å². The zero-order valence-corrected chi connectivity index (χ0v) is 12.1. The maximum absolute atomic E-state index is 6.14. The van der Waals surface area contributed by atoms with E-state index in [2.05, 4.69) is 10.2 Å². The number of nitrogens with one attached hydrogen (secondary N) is 1. The van der Waals surface area contributed by atoms with Crippen molar-refractivity contribution < 1.29 is 4.42 Å². The normalized spacial score (nSPS) is 14.7. The maximum Gasteiger partial charge on any atom is 0.117 e. The molecule has 0 saturated heterocycles. The molecule has 1 aromatic carbocycles. The van der Waals surface area contributed by atoms with E-state index in [4.69, 9.17) is 16.0 Å². The average Bonchev–Trinajstić information content (AvgIpc) is 3.18. The van der Waals surface area contributed by atoms with Crippen molar-refractivity contribution in [1.82, 2.24) is 4.90 Å². The Labute approximate surface area is 124 Å². The second-order valence-corrected chi connectivity index (χ2v) is 5.59. The molecule has 1 heterocycles. The number of halogens is 1. The summed E-state index contributed by atoms with van der Waals surface area (Å²) in [5.41, 5.74) is 1.00. The first kappa shape index (κ1) is 13.5. The van der Waals surface area contributed by atoms with Crippen LogP contribution in [-0.2, 0) is 6.54 Å². The minimum atomic E-state index is 0.716. The molecule has 0 atom stereocenters. The molecule has 4 heteroatoms. The lowest BCUT2D eigenvalue weighted by Crippen LogP contribution is -2.30. The van der Waals surface area contributed by atoms with E-state index < -0.39 is 0 Å². The van der Waals surface area contributed by atoms with E-state index in [1.807, 2.05) is 36.4 Å². The molecule has 20 heavy (non-hydrogen) atoms. The lowest BCUT2D eigenvalue weighted by Gasteiger charge is -2.21. The molecule has 3 nitrogen and oxygen atoms in total. The fourth-order valence-electron chi connectivity index (χ4n) is 2.37. The van der Waals surface area contributed by atoms with E-state index >= 15 is 0 Å². The van der Waals surface area contributed by atoms with Gasteiger partial charge in [-0.25, -0.2) is 0 Å². The van der Waals surface area contributed by atoms with Gasteiger partial charge in [0.25, 0.3) is 0 Å². The minimum Gasteiger partial charge on any atom is -0.468 e. The van der Waals surface area contributed by atoms with Crippen LogP contribution in [0.4, 0.5) is 5.69 Å². The Morgan fingerprint density at radius 3 is 2.75 bits per heavy atom. The summed E-state index contributed by atoms with van der Waals surface area (Å²) >= 11 is 6.14. The van der Waals surface area contributed by atoms with Crippen LogP contribution in [0.3, 0.4) is 0 Å². The van der Waals surface area contributed by atoms with Gasteiger partial charge in [-0.1, -0.05) is 23.7 Å². The van der Waals surface area contributed by atoms with Crippen molar-refractivity contribution >= 4 is 17.3 Å². The number of rotatable bonds is 7. The molecule has 2 aromatic rings. The molecular formula is C16H19ClN2O. The Bertz CT molecular complexity index is 537. The Morgan fingerprint density at radius 2 is 2.05 bits per heavy atom. The topological polar surface area (TPSA) is 28.4 Å². The van der Waals surface area contributed by atoms with Crippen molar-refractivity contribution in [2.45, 2.75) is 25.4 Å². The Hall–Kier alpha value is -1.45. The molecule has 1 saturated carbocycles. The zero-order chi connectivity index (χ0) is 13.8. The minimum absolute atomic E-state index is 0.716. The lowest BCUT2D eigenvalue weighted by atomic mass is 10.3. The molecule has 0 unspecified atom stereocenters. The Balaban J connectivity index is 1.51. The molecule has 0 amide bonds. The highest BCUT2D eigenvalue weighted by molar-refractivity contribution is 6.33. The van der Waals surface area contributed by atoms with Crippen molar-refractivity contribution in [3.05, 3.63) is 53.4 Å². The number of furan rings is 1. The van der Waals surface area contributed by atoms with Crippen LogP contribution in [0.2, 0.25) is 5.02 Å². The van der Waals surface area contributed by atoms with Gasteiger partial charge in [-0.05, 0) is 37.1 Å². The molecule has 0 bridgehead atoms.